The molecular formula is C22H31N3O3. The fourth-order valence-electron chi connectivity index (χ4n) is 2.94. The van der Waals surface area contributed by atoms with E-state index in [0.717, 1.165) is 41.7 Å². The van der Waals surface area contributed by atoms with Gasteiger partial charge in [-0.1, -0.05) is 24.3 Å². The molecule has 0 aliphatic rings. The molecule has 0 bridgehead atoms. The molecule has 2 aromatic carbocycles. The molecular weight excluding hydrogens is 354 g/mol. The summed E-state index contributed by atoms with van der Waals surface area (Å²) in [5.41, 5.74) is 2.29. The summed E-state index contributed by atoms with van der Waals surface area (Å²) in [6, 6.07) is 14.1. The second-order valence-electron chi connectivity index (χ2n) is 6.30. The molecule has 0 saturated carbocycles. The Balaban J connectivity index is 1.94. The van der Waals surface area contributed by atoms with Crippen LogP contribution in [-0.4, -0.2) is 52.3 Å². The Morgan fingerprint density at radius 2 is 1.79 bits per heavy atom. The van der Waals surface area contributed by atoms with Gasteiger partial charge in [0, 0.05) is 32.7 Å². The average molecular weight is 386 g/mol. The molecule has 2 rings (SSSR count). The third-order valence-electron chi connectivity index (χ3n) is 4.47. The predicted octanol–water partition coefficient (Wildman–Crippen LogP) is 3.35. The number of guanidine groups is 1. The smallest absolute Gasteiger partial charge is 0.193 e. The van der Waals surface area contributed by atoms with Gasteiger partial charge in [-0.25, -0.2) is 0 Å². The molecule has 0 radical (unpaired) electrons. The summed E-state index contributed by atoms with van der Waals surface area (Å²) in [5.74, 6) is 3.23. The molecule has 0 saturated heterocycles. The van der Waals surface area contributed by atoms with Crippen molar-refractivity contribution in [2.75, 3.05) is 41.5 Å². The maximum absolute atomic E-state index is 5.69. The van der Waals surface area contributed by atoms with Crippen LogP contribution in [0.3, 0.4) is 0 Å². The van der Waals surface area contributed by atoms with Crippen molar-refractivity contribution in [2.45, 2.75) is 19.9 Å². The van der Waals surface area contributed by atoms with Gasteiger partial charge in [0.2, 0.25) is 0 Å². The lowest BCUT2D eigenvalue weighted by molar-refractivity contribution is 0.336. The van der Waals surface area contributed by atoms with Gasteiger partial charge in [-0.05, 0) is 37.1 Å². The first-order valence-electron chi connectivity index (χ1n) is 9.46. The maximum atomic E-state index is 5.69. The zero-order valence-electron chi connectivity index (χ0n) is 17.5. The second kappa shape index (κ2) is 11.1. The summed E-state index contributed by atoms with van der Waals surface area (Å²) in [7, 11) is 7.12. The molecule has 6 nitrogen and oxygen atoms in total. The van der Waals surface area contributed by atoms with Gasteiger partial charge in [0.15, 0.2) is 17.5 Å². The minimum Gasteiger partial charge on any atom is -0.494 e. The average Bonchev–Trinajstić information content (AvgIpc) is 2.73. The van der Waals surface area contributed by atoms with Gasteiger partial charge >= 0.3 is 0 Å². The summed E-state index contributed by atoms with van der Waals surface area (Å²) < 4.78 is 16.4. The SMILES string of the molecule is CCOc1ccccc1CNC(=NC)N(C)CCc1ccc(OC)c(OC)c1. The van der Waals surface area contributed by atoms with Crippen molar-refractivity contribution in [1.82, 2.24) is 10.2 Å². The minimum atomic E-state index is 0.650. The van der Waals surface area contributed by atoms with Gasteiger partial charge in [0.25, 0.3) is 0 Å². The topological polar surface area (TPSA) is 55.3 Å². The molecule has 0 heterocycles. The van der Waals surface area contributed by atoms with Crippen LogP contribution in [0.5, 0.6) is 17.2 Å². The van der Waals surface area contributed by atoms with Gasteiger partial charge in [-0.3, -0.25) is 4.99 Å². The van der Waals surface area contributed by atoms with Crippen molar-refractivity contribution >= 4 is 5.96 Å². The molecule has 0 amide bonds. The van der Waals surface area contributed by atoms with Crippen molar-refractivity contribution in [1.29, 1.82) is 0 Å². The Labute approximate surface area is 168 Å². The molecule has 28 heavy (non-hydrogen) atoms. The number of likely N-dealkylation sites (N-methyl/N-ethyl adjacent to an activating group) is 1. The van der Waals surface area contributed by atoms with Crippen LogP contribution in [0.2, 0.25) is 0 Å². The van der Waals surface area contributed by atoms with Crippen LogP contribution in [0.4, 0.5) is 0 Å². The molecule has 0 aliphatic heterocycles. The third kappa shape index (κ3) is 5.81. The Bertz CT molecular complexity index is 777. The number of benzene rings is 2. The van der Waals surface area contributed by atoms with Crippen molar-refractivity contribution in [2.24, 2.45) is 4.99 Å². The van der Waals surface area contributed by atoms with E-state index in [1.165, 1.54) is 5.56 Å². The highest BCUT2D eigenvalue weighted by molar-refractivity contribution is 5.79. The first kappa shape index (κ1) is 21.4. The molecule has 152 valence electrons. The van der Waals surface area contributed by atoms with Crippen molar-refractivity contribution in [3.63, 3.8) is 0 Å². The lowest BCUT2D eigenvalue weighted by Gasteiger charge is -2.23. The monoisotopic (exact) mass is 385 g/mol. The van der Waals surface area contributed by atoms with Crippen LogP contribution in [0.1, 0.15) is 18.1 Å². The Morgan fingerprint density at radius 3 is 2.46 bits per heavy atom. The highest BCUT2D eigenvalue weighted by Gasteiger charge is 2.10. The van der Waals surface area contributed by atoms with E-state index < -0.39 is 0 Å². The van der Waals surface area contributed by atoms with Crippen LogP contribution in [0, 0.1) is 0 Å². The molecule has 0 unspecified atom stereocenters. The van der Waals surface area contributed by atoms with E-state index in [-0.39, 0.29) is 0 Å². The number of nitrogens with one attached hydrogen (secondary N) is 1. The molecule has 0 aromatic heterocycles. The zero-order chi connectivity index (χ0) is 20.4. The van der Waals surface area contributed by atoms with Gasteiger partial charge in [-0.15, -0.1) is 0 Å². The number of nitrogens with zero attached hydrogens (tertiary/aromatic N) is 2. The first-order valence-corrected chi connectivity index (χ1v) is 9.46. The normalized spacial score (nSPS) is 11.1. The van der Waals surface area contributed by atoms with E-state index in [1.807, 2.05) is 44.3 Å². The first-order chi connectivity index (χ1) is 13.6. The molecule has 0 spiro atoms. The number of ether oxygens (including phenoxy) is 3. The third-order valence-corrected chi connectivity index (χ3v) is 4.47. The van der Waals surface area contributed by atoms with E-state index in [9.17, 15) is 0 Å². The van der Waals surface area contributed by atoms with E-state index in [1.54, 1.807) is 21.3 Å². The van der Waals surface area contributed by atoms with Crippen molar-refractivity contribution in [3.05, 3.63) is 53.6 Å². The Hall–Kier alpha value is -2.89. The van der Waals surface area contributed by atoms with Crippen LogP contribution in [0.25, 0.3) is 0 Å². The molecule has 0 atom stereocenters. The summed E-state index contributed by atoms with van der Waals surface area (Å²) in [6.07, 6.45) is 0.868. The lowest BCUT2D eigenvalue weighted by atomic mass is 10.1. The predicted molar refractivity (Wildman–Crippen MR) is 114 cm³/mol. The molecule has 0 fully saturated rings. The minimum absolute atomic E-state index is 0.650. The van der Waals surface area contributed by atoms with Gasteiger partial charge < -0.3 is 24.4 Å². The Morgan fingerprint density at radius 1 is 1.04 bits per heavy atom. The number of para-hydroxylation sites is 1. The van der Waals surface area contributed by atoms with Crippen molar-refractivity contribution < 1.29 is 14.2 Å². The number of hydrogen-bond acceptors (Lipinski definition) is 4. The highest BCUT2D eigenvalue weighted by atomic mass is 16.5. The molecule has 0 aliphatic carbocycles. The number of aliphatic imine (C=N–C) groups is 1. The quantitative estimate of drug-likeness (QED) is 0.530. The summed E-state index contributed by atoms with van der Waals surface area (Å²) in [5, 5.41) is 3.41. The summed E-state index contributed by atoms with van der Waals surface area (Å²) in [6.45, 7) is 4.12. The van der Waals surface area contributed by atoms with E-state index in [2.05, 4.69) is 27.3 Å². The van der Waals surface area contributed by atoms with Crippen LogP contribution in [0.15, 0.2) is 47.5 Å². The van der Waals surface area contributed by atoms with Crippen molar-refractivity contribution in [3.8, 4) is 17.2 Å². The van der Waals surface area contributed by atoms with Gasteiger partial charge in [-0.2, -0.15) is 0 Å². The van der Waals surface area contributed by atoms with E-state index in [4.69, 9.17) is 14.2 Å². The summed E-state index contributed by atoms with van der Waals surface area (Å²) in [4.78, 5) is 6.51. The largest absolute Gasteiger partial charge is 0.494 e. The van der Waals surface area contributed by atoms with E-state index in [0.29, 0.717) is 13.2 Å². The lowest BCUT2D eigenvalue weighted by Crippen LogP contribution is -2.39. The number of rotatable bonds is 9. The molecule has 1 N–H and O–H groups in total. The second-order valence-corrected chi connectivity index (χ2v) is 6.30. The van der Waals surface area contributed by atoms with Crippen LogP contribution < -0.4 is 19.5 Å². The standard InChI is InChI=1S/C22H31N3O3/c1-6-28-19-10-8-7-9-18(19)16-24-22(23-2)25(3)14-13-17-11-12-20(26-4)21(15-17)27-5/h7-12,15H,6,13-14,16H2,1-5H3,(H,23,24). The summed E-state index contributed by atoms with van der Waals surface area (Å²) >= 11 is 0. The number of hydrogen-bond donors (Lipinski definition) is 1. The van der Waals surface area contributed by atoms with Crippen LogP contribution in [-0.2, 0) is 13.0 Å². The fourth-order valence-corrected chi connectivity index (χ4v) is 2.94. The zero-order valence-corrected chi connectivity index (χ0v) is 17.5. The highest BCUT2D eigenvalue weighted by Crippen LogP contribution is 2.27. The van der Waals surface area contributed by atoms with Gasteiger partial charge in [0.05, 0.1) is 20.8 Å². The van der Waals surface area contributed by atoms with E-state index >= 15 is 0 Å². The molecule has 2 aromatic rings. The maximum Gasteiger partial charge on any atom is 0.193 e. The van der Waals surface area contributed by atoms with Crippen LogP contribution >= 0.6 is 0 Å². The number of methoxy groups -OCH3 is 2. The molecule has 6 heteroatoms. The van der Waals surface area contributed by atoms with Gasteiger partial charge in [0.1, 0.15) is 5.75 Å². The Kier molecular flexibility index (Phi) is 8.46. The fraction of sp³-hybridized carbons (Fsp3) is 0.409.